The molecule has 1 heterocycles. The van der Waals surface area contributed by atoms with E-state index in [0.717, 1.165) is 49.0 Å². The van der Waals surface area contributed by atoms with Crippen molar-refractivity contribution in [3.05, 3.63) is 28.3 Å². The van der Waals surface area contributed by atoms with Crippen molar-refractivity contribution in [2.45, 2.75) is 44.8 Å². The number of rotatable bonds is 4. The number of hydrogen-bond donors (Lipinski definition) is 3. The zero-order chi connectivity index (χ0) is 16.2. The number of hydrogen-bond acceptors (Lipinski definition) is 3. The van der Waals surface area contributed by atoms with E-state index >= 15 is 0 Å². The summed E-state index contributed by atoms with van der Waals surface area (Å²) in [4.78, 5) is 12.0. The molecule has 0 spiro atoms. The largest absolute Gasteiger partial charge is 0.493 e. The summed E-state index contributed by atoms with van der Waals surface area (Å²) in [5.74, 6) is 1.22. The summed E-state index contributed by atoms with van der Waals surface area (Å²) in [6, 6.07) is 3.56. The van der Waals surface area contributed by atoms with Crippen LogP contribution in [0.2, 0.25) is 5.02 Å². The van der Waals surface area contributed by atoms with Gasteiger partial charge in [-0.3, -0.25) is 0 Å². The fourth-order valence-corrected chi connectivity index (χ4v) is 3.66. The van der Waals surface area contributed by atoms with Crippen LogP contribution in [0, 0.1) is 5.92 Å². The molecule has 0 aromatic heterocycles. The molecule has 3 rings (SSSR count). The Kier molecular flexibility index (Phi) is 5.28. The number of fused-ring (bicyclic) bond motifs is 1. The lowest BCUT2D eigenvalue weighted by atomic mass is 9.87. The molecule has 2 atom stereocenters. The van der Waals surface area contributed by atoms with E-state index in [-0.39, 0.29) is 12.1 Å². The highest BCUT2D eigenvalue weighted by molar-refractivity contribution is 6.30. The average Bonchev–Trinajstić information content (AvgIpc) is 2.99. The van der Waals surface area contributed by atoms with Crippen molar-refractivity contribution >= 4 is 17.6 Å². The summed E-state index contributed by atoms with van der Waals surface area (Å²) < 4.78 is 5.63. The SMILES string of the molecule is O=C(NCc1cc(Cl)cc2c1OCC2)NC[C@@H]1CCC[C@@H](O)C1. The molecule has 0 saturated heterocycles. The first-order chi connectivity index (χ1) is 11.1. The molecule has 1 aromatic carbocycles. The summed E-state index contributed by atoms with van der Waals surface area (Å²) in [6.45, 7) is 1.66. The van der Waals surface area contributed by atoms with Gasteiger partial charge in [-0.2, -0.15) is 0 Å². The number of urea groups is 1. The zero-order valence-electron chi connectivity index (χ0n) is 13.1. The van der Waals surface area contributed by atoms with Gasteiger partial charge in [0.25, 0.3) is 0 Å². The second kappa shape index (κ2) is 7.41. The van der Waals surface area contributed by atoms with E-state index in [2.05, 4.69) is 10.6 Å². The van der Waals surface area contributed by atoms with Crippen LogP contribution in [-0.2, 0) is 13.0 Å². The van der Waals surface area contributed by atoms with Crippen molar-refractivity contribution in [1.29, 1.82) is 0 Å². The molecule has 1 aromatic rings. The van der Waals surface area contributed by atoms with Gasteiger partial charge < -0.3 is 20.5 Å². The van der Waals surface area contributed by atoms with E-state index in [1.54, 1.807) is 0 Å². The Morgan fingerprint density at radius 1 is 1.35 bits per heavy atom. The van der Waals surface area contributed by atoms with E-state index < -0.39 is 0 Å². The van der Waals surface area contributed by atoms with Gasteiger partial charge in [-0.1, -0.05) is 18.0 Å². The van der Waals surface area contributed by atoms with Crippen molar-refractivity contribution in [2.75, 3.05) is 13.2 Å². The molecule has 1 aliphatic carbocycles. The first-order valence-electron chi connectivity index (χ1n) is 8.25. The number of ether oxygens (including phenoxy) is 1. The van der Waals surface area contributed by atoms with E-state index in [1.807, 2.05) is 12.1 Å². The van der Waals surface area contributed by atoms with Crippen LogP contribution in [0.1, 0.15) is 36.8 Å². The van der Waals surface area contributed by atoms with E-state index in [4.69, 9.17) is 16.3 Å². The predicted octanol–water partition coefficient (Wildman–Crippen LogP) is 2.63. The lowest BCUT2D eigenvalue weighted by Gasteiger charge is -2.25. The second-order valence-electron chi connectivity index (χ2n) is 6.40. The Balaban J connectivity index is 1.48. The van der Waals surface area contributed by atoms with Gasteiger partial charge in [0.1, 0.15) is 5.75 Å². The number of nitrogens with one attached hydrogen (secondary N) is 2. The number of benzene rings is 1. The van der Waals surface area contributed by atoms with Gasteiger partial charge in [0.2, 0.25) is 0 Å². The molecular weight excluding hydrogens is 316 g/mol. The first-order valence-corrected chi connectivity index (χ1v) is 8.63. The number of halogens is 1. The highest BCUT2D eigenvalue weighted by Gasteiger charge is 2.21. The number of carbonyl (C=O) groups is 1. The van der Waals surface area contributed by atoms with Crippen LogP contribution in [-0.4, -0.2) is 30.4 Å². The number of aliphatic hydroxyl groups excluding tert-OH is 1. The lowest BCUT2D eigenvalue weighted by Crippen LogP contribution is -2.39. The Morgan fingerprint density at radius 2 is 2.22 bits per heavy atom. The first kappa shape index (κ1) is 16.4. The maximum atomic E-state index is 12.0. The molecule has 0 radical (unpaired) electrons. The number of carbonyl (C=O) groups excluding carboxylic acids is 1. The highest BCUT2D eigenvalue weighted by Crippen LogP contribution is 2.32. The molecule has 6 heteroatoms. The number of aliphatic hydroxyl groups is 1. The topological polar surface area (TPSA) is 70.6 Å². The summed E-state index contributed by atoms with van der Waals surface area (Å²) in [7, 11) is 0. The third-order valence-corrected chi connectivity index (χ3v) is 4.79. The van der Waals surface area contributed by atoms with Crippen LogP contribution < -0.4 is 15.4 Å². The van der Waals surface area contributed by atoms with Crippen LogP contribution in [0.4, 0.5) is 4.79 Å². The lowest BCUT2D eigenvalue weighted by molar-refractivity contribution is 0.101. The molecule has 0 unspecified atom stereocenters. The van der Waals surface area contributed by atoms with Crippen LogP contribution in [0.25, 0.3) is 0 Å². The van der Waals surface area contributed by atoms with Crippen LogP contribution in [0.5, 0.6) is 5.75 Å². The van der Waals surface area contributed by atoms with Gasteiger partial charge in [-0.15, -0.1) is 0 Å². The Labute approximate surface area is 141 Å². The quantitative estimate of drug-likeness (QED) is 0.790. The normalized spacial score (nSPS) is 23.0. The van der Waals surface area contributed by atoms with Crippen LogP contribution in [0.3, 0.4) is 0 Å². The maximum Gasteiger partial charge on any atom is 0.315 e. The molecule has 1 aliphatic heterocycles. The monoisotopic (exact) mass is 338 g/mol. The molecule has 1 fully saturated rings. The third-order valence-electron chi connectivity index (χ3n) is 4.57. The maximum absolute atomic E-state index is 12.0. The minimum Gasteiger partial charge on any atom is -0.493 e. The minimum atomic E-state index is -0.218. The standard InChI is InChI=1S/C17H23ClN2O3/c18-14-7-12-4-5-23-16(12)13(8-14)10-20-17(22)19-9-11-2-1-3-15(21)6-11/h7-8,11,15,21H,1-6,9-10H2,(H2,19,20,22)/t11-,15-/m1/s1. The van der Waals surface area contributed by atoms with E-state index in [9.17, 15) is 9.90 Å². The zero-order valence-corrected chi connectivity index (χ0v) is 13.9. The van der Waals surface area contributed by atoms with Crippen LogP contribution in [0.15, 0.2) is 12.1 Å². The minimum absolute atomic E-state index is 0.197. The molecule has 2 amide bonds. The molecule has 2 aliphatic rings. The summed E-state index contributed by atoms with van der Waals surface area (Å²) in [5, 5.41) is 16.1. The van der Waals surface area contributed by atoms with E-state index in [0.29, 0.717) is 30.6 Å². The molecular formula is C17H23ClN2O3. The summed E-state index contributed by atoms with van der Waals surface area (Å²) in [5.41, 5.74) is 2.01. The van der Waals surface area contributed by atoms with Gasteiger partial charge in [0.15, 0.2) is 0 Å². The van der Waals surface area contributed by atoms with Crippen molar-refractivity contribution in [3.8, 4) is 5.75 Å². The van der Waals surface area contributed by atoms with Gasteiger partial charge in [-0.05, 0) is 42.9 Å². The molecule has 1 saturated carbocycles. The Bertz CT molecular complexity index is 579. The van der Waals surface area contributed by atoms with Crippen molar-refractivity contribution in [2.24, 2.45) is 5.92 Å². The van der Waals surface area contributed by atoms with Gasteiger partial charge in [-0.25, -0.2) is 4.79 Å². The number of amides is 2. The van der Waals surface area contributed by atoms with Crippen molar-refractivity contribution in [1.82, 2.24) is 10.6 Å². The Morgan fingerprint density at radius 3 is 3.04 bits per heavy atom. The predicted molar refractivity (Wildman–Crippen MR) is 88.9 cm³/mol. The van der Waals surface area contributed by atoms with Crippen molar-refractivity contribution < 1.29 is 14.6 Å². The Hall–Kier alpha value is -1.46. The molecule has 126 valence electrons. The second-order valence-corrected chi connectivity index (χ2v) is 6.84. The average molecular weight is 339 g/mol. The molecule has 23 heavy (non-hydrogen) atoms. The highest BCUT2D eigenvalue weighted by atomic mass is 35.5. The van der Waals surface area contributed by atoms with Crippen LogP contribution >= 0.6 is 11.6 Å². The molecule has 0 bridgehead atoms. The third kappa shape index (κ3) is 4.30. The fourth-order valence-electron chi connectivity index (χ4n) is 3.40. The molecule has 5 nitrogen and oxygen atoms in total. The fraction of sp³-hybridized carbons (Fsp3) is 0.588. The molecule has 3 N–H and O–H groups in total. The summed E-state index contributed by atoms with van der Waals surface area (Å²) in [6.07, 6.45) is 4.39. The van der Waals surface area contributed by atoms with E-state index in [1.165, 1.54) is 0 Å². The summed E-state index contributed by atoms with van der Waals surface area (Å²) >= 11 is 6.11. The smallest absolute Gasteiger partial charge is 0.315 e. The van der Waals surface area contributed by atoms with Gasteiger partial charge >= 0.3 is 6.03 Å². The van der Waals surface area contributed by atoms with Crippen molar-refractivity contribution in [3.63, 3.8) is 0 Å². The van der Waals surface area contributed by atoms with Gasteiger partial charge in [0, 0.05) is 30.1 Å². The van der Waals surface area contributed by atoms with Gasteiger partial charge in [0.05, 0.1) is 12.7 Å².